The van der Waals surface area contributed by atoms with Crippen LogP contribution in [0.2, 0.25) is 0 Å². The monoisotopic (exact) mass is 287 g/mol. The lowest BCUT2D eigenvalue weighted by Crippen LogP contribution is -2.41. The molecule has 2 heterocycles. The Kier molecular flexibility index (Phi) is 3.02. The number of hydrogen-bond acceptors (Lipinski definition) is 3. The highest BCUT2D eigenvalue weighted by Gasteiger charge is 2.54. The zero-order valence-electron chi connectivity index (χ0n) is 13.4. The van der Waals surface area contributed by atoms with Gasteiger partial charge in [0, 0.05) is 24.5 Å². The first-order chi connectivity index (χ1) is 9.68. The molecule has 21 heavy (non-hydrogen) atoms. The van der Waals surface area contributed by atoms with Gasteiger partial charge in [-0.3, -0.25) is 4.68 Å². The SMILES string of the molecule is [C-]#[N+]C1(Cn2cc(B3OC(C)(C)C(C)(C)O3)c(C)n2)CC1. The van der Waals surface area contributed by atoms with Crippen LogP contribution in [-0.4, -0.2) is 33.6 Å². The van der Waals surface area contributed by atoms with E-state index in [1.165, 1.54) is 0 Å². The van der Waals surface area contributed by atoms with E-state index in [-0.39, 0.29) is 23.9 Å². The molecule has 0 spiro atoms. The topological polar surface area (TPSA) is 40.6 Å². The van der Waals surface area contributed by atoms with Crippen LogP contribution in [-0.2, 0) is 15.9 Å². The number of aromatic nitrogens is 2. The van der Waals surface area contributed by atoms with Crippen LogP contribution in [0, 0.1) is 13.5 Å². The quantitative estimate of drug-likeness (QED) is 0.630. The number of hydrogen-bond donors (Lipinski definition) is 0. The van der Waals surface area contributed by atoms with Crippen molar-refractivity contribution in [3.05, 3.63) is 23.3 Å². The van der Waals surface area contributed by atoms with Crippen LogP contribution < -0.4 is 5.46 Å². The van der Waals surface area contributed by atoms with Gasteiger partial charge < -0.3 is 14.2 Å². The predicted octanol–water partition coefficient (Wildman–Crippen LogP) is 1.94. The third kappa shape index (κ3) is 2.39. The molecule has 1 aliphatic carbocycles. The lowest BCUT2D eigenvalue weighted by molar-refractivity contribution is 0.00578. The highest BCUT2D eigenvalue weighted by Crippen LogP contribution is 2.41. The van der Waals surface area contributed by atoms with Gasteiger partial charge in [0.05, 0.1) is 16.9 Å². The van der Waals surface area contributed by atoms with E-state index in [2.05, 4.69) is 9.94 Å². The molecule has 1 aromatic heterocycles. The summed E-state index contributed by atoms with van der Waals surface area (Å²) in [7, 11) is -0.383. The molecule has 0 atom stereocenters. The minimum absolute atomic E-state index is 0.217. The number of rotatable bonds is 3. The van der Waals surface area contributed by atoms with Crippen molar-refractivity contribution in [3.63, 3.8) is 0 Å². The molecule has 2 aliphatic rings. The maximum absolute atomic E-state index is 7.28. The van der Waals surface area contributed by atoms with E-state index in [1.54, 1.807) is 0 Å². The van der Waals surface area contributed by atoms with Crippen molar-refractivity contribution < 1.29 is 9.31 Å². The van der Waals surface area contributed by atoms with Gasteiger partial charge >= 0.3 is 7.12 Å². The Labute approximate surface area is 126 Å². The lowest BCUT2D eigenvalue weighted by Gasteiger charge is -2.32. The van der Waals surface area contributed by atoms with Gasteiger partial charge in [-0.2, -0.15) is 5.10 Å². The lowest BCUT2D eigenvalue weighted by atomic mass is 9.79. The molecule has 1 saturated heterocycles. The molecule has 3 rings (SSSR count). The van der Waals surface area contributed by atoms with Crippen LogP contribution in [0.1, 0.15) is 46.2 Å². The van der Waals surface area contributed by atoms with E-state index in [0.717, 1.165) is 24.0 Å². The molecule has 0 N–H and O–H groups in total. The van der Waals surface area contributed by atoms with E-state index in [9.17, 15) is 0 Å². The van der Waals surface area contributed by atoms with Crippen LogP contribution in [0.15, 0.2) is 6.20 Å². The average Bonchev–Trinajstić information content (AvgIpc) is 2.98. The third-order valence-electron chi connectivity index (χ3n) is 5.01. The Morgan fingerprint density at radius 1 is 1.29 bits per heavy atom. The maximum atomic E-state index is 7.28. The van der Waals surface area contributed by atoms with Gasteiger partial charge in [-0.15, -0.1) is 0 Å². The molecule has 2 fully saturated rings. The van der Waals surface area contributed by atoms with Gasteiger partial charge in [-0.25, -0.2) is 6.57 Å². The van der Waals surface area contributed by atoms with Gasteiger partial charge in [-0.05, 0) is 34.6 Å². The summed E-state index contributed by atoms with van der Waals surface area (Å²) in [5, 5.41) is 4.54. The van der Waals surface area contributed by atoms with Crippen molar-refractivity contribution in [3.8, 4) is 0 Å². The van der Waals surface area contributed by atoms with Crippen LogP contribution in [0.25, 0.3) is 4.85 Å². The van der Waals surface area contributed by atoms with E-state index < -0.39 is 0 Å². The maximum Gasteiger partial charge on any atom is 0.498 e. The van der Waals surface area contributed by atoms with Gasteiger partial charge in [-0.1, -0.05) is 0 Å². The van der Waals surface area contributed by atoms with Crippen molar-refractivity contribution in [2.24, 2.45) is 0 Å². The Morgan fingerprint density at radius 3 is 2.33 bits per heavy atom. The first kappa shape index (κ1) is 14.6. The standard InChI is InChI=1S/C15H22BN3O2/c1-11-12(16-20-13(2,3)14(4,5)21-16)9-19(18-11)10-15(17-6)7-8-15/h9H,7-8,10H2,1-5H3. The Bertz CT molecular complexity index is 595. The van der Waals surface area contributed by atoms with Gasteiger partial charge in [0.25, 0.3) is 5.54 Å². The van der Waals surface area contributed by atoms with Crippen molar-refractivity contribution in [1.29, 1.82) is 0 Å². The summed E-state index contributed by atoms with van der Waals surface area (Å²) in [6, 6.07) is 0. The first-order valence-corrected chi connectivity index (χ1v) is 7.46. The molecule has 0 aromatic carbocycles. The zero-order chi connectivity index (χ0) is 15.5. The molecule has 0 radical (unpaired) electrons. The van der Waals surface area contributed by atoms with Gasteiger partial charge in [0.2, 0.25) is 0 Å². The average molecular weight is 287 g/mol. The summed E-state index contributed by atoms with van der Waals surface area (Å²) < 4.78 is 14.0. The molecule has 0 amide bonds. The Balaban J connectivity index is 1.82. The van der Waals surface area contributed by atoms with E-state index in [0.29, 0.717) is 6.54 Å². The van der Waals surface area contributed by atoms with Crippen molar-refractivity contribution >= 4 is 12.6 Å². The summed E-state index contributed by atoms with van der Waals surface area (Å²) in [5.74, 6) is 0. The molecule has 1 aromatic rings. The summed E-state index contributed by atoms with van der Waals surface area (Å²) in [6.07, 6.45) is 3.92. The molecule has 0 bridgehead atoms. The van der Waals surface area contributed by atoms with Crippen molar-refractivity contribution in [2.45, 2.75) is 70.7 Å². The molecular weight excluding hydrogens is 265 g/mol. The van der Waals surface area contributed by atoms with Crippen molar-refractivity contribution in [1.82, 2.24) is 9.78 Å². The fourth-order valence-electron chi connectivity index (χ4n) is 2.57. The van der Waals surface area contributed by atoms with Crippen LogP contribution in [0.5, 0.6) is 0 Å². The second kappa shape index (κ2) is 4.34. The van der Waals surface area contributed by atoms with Crippen LogP contribution in [0.4, 0.5) is 0 Å². The fraction of sp³-hybridized carbons (Fsp3) is 0.733. The van der Waals surface area contributed by atoms with Crippen LogP contribution in [0.3, 0.4) is 0 Å². The smallest absolute Gasteiger partial charge is 0.399 e. The second-order valence-corrected chi connectivity index (χ2v) is 7.29. The minimum Gasteiger partial charge on any atom is -0.399 e. The summed E-state index contributed by atoms with van der Waals surface area (Å²) in [6.45, 7) is 18.1. The first-order valence-electron chi connectivity index (χ1n) is 7.46. The predicted molar refractivity (Wildman–Crippen MR) is 81.2 cm³/mol. The molecule has 1 saturated carbocycles. The molecule has 0 unspecified atom stereocenters. The third-order valence-corrected chi connectivity index (χ3v) is 5.01. The molecule has 112 valence electrons. The second-order valence-electron chi connectivity index (χ2n) is 7.29. The Hall–Kier alpha value is -1.32. The zero-order valence-corrected chi connectivity index (χ0v) is 13.4. The van der Waals surface area contributed by atoms with Crippen molar-refractivity contribution in [2.75, 3.05) is 0 Å². The van der Waals surface area contributed by atoms with Crippen LogP contribution >= 0.6 is 0 Å². The minimum atomic E-state index is -0.383. The summed E-state index contributed by atoms with van der Waals surface area (Å²) >= 11 is 0. The molecule has 1 aliphatic heterocycles. The molecular formula is C15H22BN3O2. The van der Waals surface area contributed by atoms with E-state index in [1.807, 2.05) is 45.5 Å². The van der Waals surface area contributed by atoms with Gasteiger partial charge in [0.15, 0.2) is 0 Å². The number of aryl methyl sites for hydroxylation is 1. The normalized spacial score (nSPS) is 24.9. The van der Waals surface area contributed by atoms with E-state index in [4.69, 9.17) is 15.9 Å². The largest absolute Gasteiger partial charge is 0.498 e. The summed E-state index contributed by atoms with van der Waals surface area (Å²) in [5.41, 5.74) is 0.968. The van der Waals surface area contributed by atoms with Gasteiger partial charge in [0.1, 0.15) is 6.54 Å². The Morgan fingerprint density at radius 2 is 1.86 bits per heavy atom. The highest BCUT2D eigenvalue weighted by molar-refractivity contribution is 6.62. The highest BCUT2D eigenvalue weighted by atomic mass is 16.7. The number of nitrogens with zero attached hydrogens (tertiary/aromatic N) is 3. The van der Waals surface area contributed by atoms with E-state index >= 15 is 0 Å². The molecule has 5 nitrogen and oxygen atoms in total. The molecule has 6 heteroatoms. The summed E-state index contributed by atoms with van der Waals surface area (Å²) in [4.78, 5) is 3.74. The fourth-order valence-corrected chi connectivity index (χ4v) is 2.57.